The highest BCUT2D eigenvalue weighted by Gasteiger charge is 2.04. The third-order valence-corrected chi connectivity index (χ3v) is 3.06. The molecule has 0 aliphatic heterocycles. The van der Waals surface area contributed by atoms with Gasteiger partial charge in [0, 0.05) is 23.8 Å². The number of nitrogens with two attached hydrogens (primary N) is 1. The molecule has 16 heavy (non-hydrogen) atoms. The maximum absolute atomic E-state index is 5.94. The minimum absolute atomic E-state index is 0.305. The third kappa shape index (κ3) is 2.39. The van der Waals surface area contributed by atoms with Crippen LogP contribution in [0.25, 0.3) is 10.8 Å². The lowest BCUT2D eigenvalue weighted by atomic mass is 10.0. The largest absolute Gasteiger partial charge is 0.328 e. The van der Waals surface area contributed by atoms with Crippen LogP contribution >= 0.6 is 0 Å². The van der Waals surface area contributed by atoms with E-state index < -0.39 is 0 Å². The highest BCUT2D eigenvalue weighted by atomic mass is 14.6. The maximum Gasteiger partial charge on any atom is 0.0346 e. The Kier molecular flexibility index (Phi) is 3.52. The second kappa shape index (κ2) is 5.08. The fourth-order valence-electron chi connectivity index (χ4n) is 1.92. The molecule has 1 heterocycles. The molecule has 1 unspecified atom stereocenters. The average Bonchev–Trinajstić information content (AvgIpc) is 2.35. The molecule has 0 fully saturated rings. The van der Waals surface area contributed by atoms with Crippen molar-refractivity contribution in [2.75, 3.05) is 0 Å². The second-order valence-electron chi connectivity index (χ2n) is 4.23. The Hall–Kier alpha value is -1.41. The predicted molar refractivity (Wildman–Crippen MR) is 68.3 cm³/mol. The van der Waals surface area contributed by atoms with Crippen molar-refractivity contribution in [3.8, 4) is 0 Å². The molecular formula is C14H18N2. The van der Waals surface area contributed by atoms with Crippen LogP contribution in [0, 0.1) is 0 Å². The van der Waals surface area contributed by atoms with E-state index in [9.17, 15) is 0 Å². The Balaban J connectivity index is 2.23. The van der Waals surface area contributed by atoms with E-state index >= 15 is 0 Å². The number of pyridine rings is 1. The molecular weight excluding hydrogens is 196 g/mol. The van der Waals surface area contributed by atoms with E-state index in [1.54, 1.807) is 0 Å². The molecule has 2 aromatic rings. The van der Waals surface area contributed by atoms with E-state index in [4.69, 9.17) is 5.73 Å². The molecule has 1 aromatic carbocycles. The van der Waals surface area contributed by atoms with Crippen LogP contribution in [0.2, 0.25) is 0 Å². The Morgan fingerprint density at radius 3 is 2.88 bits per heavy atom. The topological polar surface area (TPSA) is 38.9 Å². The Bertz CT molecular complexity index is 460. The Morgan fingerprint density at radius 1 is 1.25 bits per heavy atom. The maximum atomic E-state index is 5.94. The van der Waals surface area contributed by atoms with Crippen molar-refractivity contribution in [1.82, 2.24) is 4.98 Å². The zero-order valence-electron chi connectivity index (χ0n) is 9.69. The number of benzene rings is 1. The monoisotopic (exact) mass is 214 g/mol. The van der Waals surface area contributed by atoms with Crippen LogP contribution in [0.15, 0.2) is 36.7 Å². The summed E-state index contributed by atoms with van der Waals surface area (Å²) in [6.07, 6.45) is 6.97. The molecule has 1 aromatic heterocycles. The first-order chi connectivity index (χ1) is 7.81. The molecule has 1 atom stereocenters. The summed E-state index contributed by atoms with van der Waals surface area (Å²) in [4.78, 5) is 4.28. The fraction of sp³-hybridized carbons (Fsp3) is 0.357. The van der Waals surface area contributed by atoms with Crippen molar-refractivity contribution in [3.05, 3.63) is 42.2 Å². The molecule has 0 saturated heterocycles. The van der Waals surface area contributed by atoms with Crippen LogP contribution in [-0.4, -0.2) is 11.0 Å². The van der Waals surface area contributed by atoms with Gasteiger partial charge in [-0.3, -0.25) is 4.98 Å². The number of aryl methyl sites for hydroxylation is 1. The van der Waals surface area contributed by atoms with E-state index in [2.05, 4.69) is 30.1 Å². The van der Waals surface area contributed by atoms with Gasteiger partial charge in [-0.2, -0.15) is 0 Å². The van der Waals surface area contributed by atoms with E-state index in [1.165, 1.54) is 16.3 Å². The highest BCUT2D eigenvalue weighted by molar-refractivity contribution is 5.84. The summed E-state index contributed by atoms with van der Waals surface area (Å²) in [7, 11) is 0. The van der Waals surface area contributed by atoms with Gasteiger partial charge < -0.3 is 5.73 Å². The number of aromatic nitrogens is 1. The van der Waals surface area contributed by atoms with Crippen molar-refractivity contribution in [3.63, 3.8) is 0 Å². The second-order valence-corrected chi connectivity index (χ2v) is 4.23. The Morgan fingerprint density at radius 2 is 2.06 bits per heavy atom. The number of hydrogen-bond donors (Lipinski definition) is 1. The van der Waals surface area contributed by atoms with Gasteiger partial charge >= 0.3 is 0 Å². The number of fused-ring (bicyclic) bond motifs is 1. The van der Waals surface area contributed by atoms with E-state index in [1.807, 2.05) is 18.5 Å². The molecule has 0 spiro atoms. The Labute approximate surface area is 96.5 Å². The predicted octanol–water partition coefficient (Wildman–Crippen LogP) is 2.90. The van der Waals surface area contributed by atoms with Crippen molar-refractivity contribution in [2.45, 2.75) is 32.2 Å². The van der Waals surface area contributed by atoms with E-state index in [-0.39, 0.29) is 0 Å². The first-order valence-electron chi connectivity index (χ1n) is 5.88. The molecule has 0 radical (unpaired) electrons. The van der Waals surface area contributed by atoms with Gasteiger partial charge in [0.2, 0.25) is 0 Å². The molecule has 0 bridgehead atoms. The van der Waals surface area contributed by atoms with Gasteiger partial charge in [-0.05, 0) is 30.2 Å². The molecule has 0 aliphatic rings. The molecule has 2 heteroatoms. The van der Waals surface area contributed by atoms with Crippen LogP contribution in [-0.2, 0) is 6.42 Å². The summed E-state index contributed by atoms with van der Waals surface area (Å²) in [5, 5.41) is 2.52. The van der Waals surface area contributed by atoms with Crippen LogP contribution in [0.4, 0.5) is 0 Å². The quantitative estimate of drug-likeness (QED) is 0.850. The molecule has 0 amide bonds. The lowest BCUT2D eigenvalue weighted by molar-refractivity contribution is 0.596. The zero-order valence-corrected chi connectivity index (χ0v) is 9.69. The van der Waals surface area contributed by atoms with Crippen molar-refractivity contribution in [1.29, 1.82) is 0 Å². The minimum atomic E-state index is 0.305. The molecule has 0 saturated carbocycles. The van der Waals surface area contributed by atoms with Crippen molar-refractivity contribution < 1.29 is 0 Å². The van der Waals surface area contributed by atoms with Crippen LogP contribution in [0.3, 0.4) is 0 Å². The van der Waals surface area contributed by atoms with E-state index in [0.717, 1.165) is 19.3 Å². The van der Waals surface area contributed by atoms with E-state index in [0.29, 0.717) is 6.04 Å². The molecule has 0 aliphatic carbocycles. The lowest BCUT2D eigenvalue weighted by Crippen LogP contribution is -2.19. The lowest BCUT2D eigenvalue weighted by Gasteiger charge is -2.09. The van der Waals surface area contributed by atoms with Gasteiger partial charge in [-0.1, -0.05) is 31.2 Å². The normalized spacial score (nSPS) is 12.9. The highest BCUT2D eigenvalue weighted by Crippen LogP contribution is 2.18. The van der Waals surface area contributed by atoms with Crippen LogP contribution in [0.1, 0.15) is 25.3 Å². The molecule has 2 N–H and O–H groups in total. The molecule has 2 nitrogen and oxygen atoms in total. The van der Waals surface area contributed by atoms with Crippen molar-refractivity contribution >= 4 is 10.8 Å². The summed E-state index contributed by atoms with van der Waals surface area (Å²) >= 11 is 0. The number of nitrogens with zero attached hydrogens (tertiary/aromatic N) is 1. The van der Waals surface area contributed by atoms with Gasteiger partial charge in [-0.15, -0.1) is 0 Å². The van der Waals surface area contributed by atoms with Gasteiger partial charge in [0.1, 0.15) is 0 Å². The summed E-state index contributed by atoms with van der Waals surface area (Å²) in [6, 6.07) is 8.69. The number of rotatable bonds is 4. The van der Waals surface area contributed by atoms with Crippen LogP contribution in [0.5, 0.6) is 0 Å². The average molecular weight is 214 g/mol. The SMILES string of the molecule is CCC(N)CCc1cncc2ccccc12. The van der Waals surface area contributed by atoms with Crippen LogP contribution < -0.4 is 5.73 Å². The zero-order chi connectivity index (χ0) is 11.4. The first kappa shape index (κ1) is 11.1. The minimum Gasteiger partial charge on any atom is -0.328 e. The third-order valence-electron chi connectivity index (χ3n) is 3.06. The number of hydrogen-bond acceptors (Lipinski definition) is 2. The summed E-state index contributed by atoms with van der Waals surface area (Å²) in [6.45, 7) is 2.13. The standard InChI is InChI=1S/C14H18N2/c1-2-13(15)8-7-12-10-16-9-11-5-3-4-6-14(11)12/h3-6,9-10,13H,2,7-8,15H2,1H3. The van der Waals surface area contributed by atoms with Crippen molar-refractivity contribution in [2.24, 2.45) is 5.73 Å². The summed E-state index contributed by atoms with van der Waals surface area (Å²) in [5.74, 6) is 0. The fourth-order valence-corrected chi connectivity index (χ4v) is 1.92. The van der Waals surface area contributed by atoms with Gasteiger partial charge in [0.15, 0.2) is 0 Å². The smallest absolute Gasteiger partial charge is 0.0346 e. The van der Waals surface area contributed by atoms with Gasteiger partial charge in [0.25, 0.3) is 0 Å². The molecule has 84 valence electrons. The summed E-state index contributed by atoms with van der Waals surface area (Å²) in [5.41, 5.74) is 7.25. The first-order valence-corrected chi connectivity index (χ1v) is 5.88. The van der Waals surface area contributed by atoms with Gasteiger partial charge in [-0.25, -0.2) is 0 Å². The summed E-state index contributed by atoms with van der Waals surface area (Å²) < 4.78 is 0. The molecule has 2 rings (SSSR count). The van der Waals surface area contributed by atoms with Gasteiger partial charge in [0.05, 0.1) is 0 Å².